The molecule has 0 amide bonds. The van der Waals surface area contributed by atoms with Crippen LogP contribution in [0.2, 0.25) is 0 Å². The molecule has 1 atom stereocenters. The number of anilines is 1. The molecule has 0 bridgehead atoms. The smallest absolute Gasteiger partial charge is 0.244 e. The Morgan fingerprint density at radius 1 is 1.52 bits per heavy atom. The fourth-order valence-electron chi connectivity index (χ4n) is 2.27. The standard InChI is InChI=1S/C13H22N4O3S/c1-3-17-6-7-20-11(10-17)8-16-21(18,19)13-9-15-5-4-12(13)14-2/h4-5,9,11,16H,3,6-8,10H2,1-2H3,(H,14,15). The zero-order chi connectivity index (χ0) is 15.3. The number of sulfonamides is 1. The predicted molar refractivity (Wildman–Crippen MR) is 80.8 cm³/mol. The van der Waals surface area contributed by atoms with E-state index in [2.05, 4.69) is 26.8 Å². The van der Waals surface area contributed by atoms with E-state index in [1.54, 1.807) is 19.3 Å². The van der Waals surface area contributed by atoms with Crippen molar-refractivity contribution in [3.05, 3.63) is 18.5 Å². The maximum atomic E-state index is 12.3. The lowest BCUT2D eigenvalue weighted by atomic mass is 10.3. The number of hydrogen-bond acceptors (Lipinski definition) is 6. The van der Waals surface area contributed by atoms with Crippen LogP contribution < -0.4 is 10.0 Å². The van der Waals surface area contributed by atoms with E-state index in [0.717, 1.165) is 19.6 Å². The van der Waals surface area contributed by atoms with Crippen molar-refractivity contribution in [2.45, 2.75) is 17.9 Å². The molecule has 2 rings (SSSR count). The summed E-state index contributed by atoms with van der Waals surface area (Å²) in [6.07, 6.45) is 2.77. The van der Waals surface area contributed by atoms with Gasteiger partial charge in [-0.1, -0.05) is 6.92 Å². The van der Waals surface area contributed by atoms with Crippen molar-refractivity contribution in [2.24, 2.45) is 0 Å². The van der Waals surface area contributed by atoms with Crippen LogP contribution in [0.15, 0.2) is 23.4 Å². The Kier molecular flexibility index (Phi) is 5.51. The number of rotatable bonds is 6. The van der Waals surface area contributed by atoms with E-state index in [9.17, 15) is 8.42 Å². The van der Waals surface area contributed by atoms with Crippen molar-refractivity contribution in [1.82, 2.24) is 14.6 Å². The van der Waals surface area contributed by atoms with E-state index in [0.29, 0.717) is 12.3 Å². The van der Waals surface area contributed by atoms with Crippen LogP contribution in [0.4, 0.5) is 5.69 Å². The van der Waals surface area contributed by atoms with Crippen LogP contribution in [0.3, 0.4) is 0 Å². The van der Waals surface area contributed by atoms with Crippen LogP contribution >= 0.6 is 0 Å². The fraction of sp³-hybridized carbons (Fsp3) is 0.615. The average molecular weight is 314 g/mol. The number of pyridine rings is 1. The Bertz CT molecular complexity index is 564. The van der Waals surface area contributed by atoms with Crippen LogP contribution in [0.25, 0.3) is 0 Å². The molecule has 0 spiro atoms. The van der Waals surface area contributed by atoms with E-state index in [1.165, 1.54) is 6.20 Å². The molecule has 0 saturated carbocycles. The minimum absolute atomic E-state index is 0.122. The summed E-state index contributed by atoms with van der Waals surface area (Å²) >= 11 is 0. The van der Waals surface area contributed by atoms with Crippen molar-refractivity contribution >= 4 is 15.7 Å². The lowest BCUT2D eigenvalue weighted by Crippen LogP contribution is -2.47. The molecule has 1 aliphatic rings. The summed E-state index contributed by atoms with van der Waals surface area (Å²) in [7, 11) is -1.92. The summed E-state index contributed by atoms with van der Waals surface area (Å²) in [5.74, 6) is 0. The molecule has 1 aromatic rings. The number of nitrogens with one attached hydrogen (secondary N) is 2. The molecule has 1 unspecified atom stereocenters. The summed E-state index contributed by atoms with van der Waals surface area (Å²) < 4.78 is 32.9. The minimum atomic E-state index is -3.60. The van der Waals surface area contributed by atoms with Crippen LogP contribution in [0.5, 0.6) is 0 Å². The first kappa shape index (κ1) is 16.2. The number of aromatic nitrogens is 1. The molecule has 7 nitrogen and oxygen atoms in total. The van der Waals surface area contributed by atoms with Gasteiger partial charge in [0.15, 0.2) is 0 Å². The number of likely N-dealkylation sites (N-methyl/N-ethyl adjacent to an activating group) is 1. The molecule has 0 radical (unpaired) electrons. The summed E-state index contributed by atoms with van der Waals surface area (Å²) in [5, 5.41) is 2.86. The molecule has 2 heterocycles. The van der Waals surface area contributed by atoms with Gasteiger partial charge in [-0.25, -0.2) is 13.1 Å². The van der Waals surface area contributed by atoms with Gasteiger partial charge in [0, 0.05) is 39.1 Å². The van der Waals surface area contributed by atoms with Crippen LogP contribution in [-0.2, 0) is 14.8 Å². The number of hydrogen-bond donors (Lipinski definition) is 2. The van der Waals surface area contributed by atoms with Crippen LogP contribution in [-0.4, -0.2) is 64.2 Å². The maximum absolute atomic E-state index is 12.3. The second kappa shape index (κ2) is 7.17. The number of morpholine rings is 1. The Morgan fingerprint density at radius 3 is 3.05 bits per heavy atom. The third-order valence-corrected chi connectivity index (χ3v) is 4.97. The zero-order valence-electron chi connectivity index (χ0n) is 12.4. The van der Waals surface area contributed by atoms with Gasteiger partial charge in [-0.15, -0.1) is 0 Å². The first-order valence-electron chi connectivity index (χ1n) is 7.02. The topological polar surface area (TPSA) is 83.6 Å². The molecule has 8 heteroatoms. The third kappa shape index (κ3) is 4.13. The van der Waals surface area contributed by atoms with E-state index < -0.39 is 10.0 Å². The third-order valence-electron chi connectivity index (χ3n) is 3.51. The highest BCUT2D eigenvalue weighted by Gasteiger charge is 2.23. The Hall–Kier alpha value is -1.22. The van der Waals surface area contributed by atoms with E-state index in [-0.39, 0.29) is 17.5 Å². The summed E-state index contributed by atoms with van der Waals surface area (Å²) in [5.41, 5.74) is 0.525. The van der Waals surface area contributed by atoms with E-state index >= 15 is 0 Å². The molecule has 21 heavy (non-hydrogen) atoms. The average Bonchev–Trinajstić information content (AvgIpc) is 2.53. The molecule has 2 N–H and O–H groups in total. The highest BCUT2D eigenvalue weighted by atomic mass is 32.2. The second-order valence-electron chi connectivity index (χ2n) is 4.86. The highest BCUT2D eigenvalue weighted by Crippen LogP contribution is 2.18. The fourth-order valence-corrected chi connectivity index (χ4v) is 3.49. The van der Waals surface area contributed by atoms with Gasteiger partial charge in [0.05, 0.1) is 18.4 Å². The van der Waals surface area contributed by atoms with Gasteiger partial charge in [-0.2, -0.15) is 0 Å². The van der Waals surface area contributed by atoms with Gasteiger partial charge in [0.1, 0.15) is 4.90 Å². The molecular formula is C13H22N4O3S. The van der Waals surface area contributed by atoms with Crippen LogP contribution in [0, 0.1) is 0 Å². The van der Waals surface area contributed by atoms with Gasteiger partial charge >= 0.3 is 0 Å². The van der Waals surface area contributed by atoms with Crippen molar-refractivity contribution in [3.63, 3.8) is 0 Å². The molecule has 1 saturated heterocycles. The quantitative estimate of drug-likeness (QED) is 0.776. The largest absolute Gasteiger partial charge is 0.387 e. The molecular weight excluding hydrogens is 292 g/mol. The first-order valence-corrected chi connectivity index (χ1v) is 8.50. The minimum Gasteiger partial charge on any atom is -0.387 e. The van der Waals surface area contributed by atoms with Gasteiger partial charge in [-0.3, -0.25) is 9.88 Å². The van der Waals surface area contributed by atoms with Crippen molar-refractivity contribution < 1.29 is 13.2 Å². The highest BCUT2D eigenvalue weighted by molar-refractivity contribution is 7.89. The SMILES string of the molecule is CCN1CCOC(CNS(=O)(=O)c2cnccc2NC)C1. The monoisotopic (exact) mass is 314 g/mol. The molecule has 1 aliphatic heterocycles. The van der Waals surface area contributed by atoms with E-state index in [1.807, 2.05) is 0 Å². The van der Waals surface area contributed by atoms with E-state index in [4.69, 9.17) is 4.74 Å². The maximum Gasteiger partial charge on any atom is 0.244 e. The zero-order valence-corrected chi connectivity index (χ0v) is 13.2. The predicted octanol–water partition coefficient (Wildman–Crippen LogP) is 0.122. The molecule has 0 aromatic carbocycles. The first-order chi connectivity index (χ1) is 10.1. The Labute approximate surface area is 125 Å². The van der Waals surface area contributed by atoms with Crippen molar-refractivity contribution in [2.75, 3.05) is 45.2 Å². The lowest BCUT2D eigenvalue weighted by Gasteiger charge is -2.32. The summed E-state index contributed by atoms with van der Waals surface area (Å²) in [4.78, 5) is 6.27. The molecule has 118 valence electrons. The second-order valence-corrected chi connectivity index (χ2v) is 6.60. The molecule has 1 fully saturated rings. The molecule has 0 aliphatic carbocycles. The van der Waals surface area contributed by atoms with Crippen molar-refractivity contribution in [3.8, 4) is 0 Å². The molecule has 1 aromatic heterocycles. The number of nitrogens with zero attached hydrogens (tertiary/aromatic N) is 2. The lowest BCUT2D eigenvalue weighted by molar-refractivity contribution is -0.0229. The Balaban J connectivity index is 2.01. The van der Waals surface area contributed by atoms with Gasteiger partial charge < -0.3 is 10.1 Å². The Morgan fingerprint density at radius 2 is 2.33 bits per heavy atom. The van der Waals surface area contributed by atoms with Crippen molar-refractivity contribution in [1.29, 1.82) is 0 Å². The van der Waals surface area contributed by atoms with Gasteiger partial charge in [0.2, 0.25) is 10.0 Å². The van der Waals surface area contributed by atoms with Crippen LogP contribution in [0.1, 0.15) is 6.92 Å². The van der Waals surface area contributed by atoms with Gasteiger partial charge in [-0.05, 0) is 12.6 Å². The summed E-state index contributed by atoms with van der Waals surface area (Å²) in [6, 6.07) is 1.63. The summed E-state index contributed by atoms with van der Waals surface area (Å²) in [6.45, 7) is 5.56. The number of ether oxygens (including phenoxy) is 1. The normalized spacial score (nSPS) is 20.4. The van der Waals surface area contributed by atoms with Gasteiger partial charge in [0.25, 0.3) is 0 Å².